The molecular weight excluding hydrogens is 328 g/mol. The molecule has 1 unspecified atom stereocenters. The lowest BCUT2D eigenvalue weighted by molar-refractivity contribution is 0.102. The zero-order valence-corrected chi connectivity index (χ0v) is 15.6. The molecule has 0 saturated heterocycles. The molecule has 1 atom stereocenters. The quantitative estimate of drug-likeness (QED) is 0.624. The van der Waals surface area contributed by atoms with Gasteiger partial charge in [-0.1, -0.05) is 56.3 Å². The molecule has 3 nitrogen and oxygen atoms in total. The van der Waals surface area contributed by atoms with E-state index in [-0.39, 0.29) is 5.91 Å². The van der Waals surface area contributed by atoms with Crippen LogP contribution in [0.5, 0.6) is 0 Å². The Morgan fingerprint density at radius 3 is 2.56 bits per heavy atom. The molecule has 0 bridgehead atoms. The average Bonchev–Trinajstić information content (AvgIpc) is 3.10. The summed E-state index contributed by atoms with van der Waals surface area (Å²) in [6, 6.07) is 16.1. The Labute approximate surface area is 152 Å². The van der Waals surface area contributed by atoms with Gasteiger partial charge in [0.2, 0.25) is 0 Å². The zero-order valence-electron chi connectivity index (χ0n) is 14.7. The van der Waals surface area contributed by atoms with E-state index in [1.807, 2.05) is 36.6 Å². The van der Waals surface area contributed by atoms with Gasteiger partial charge in [-0.3, -0.25) is 10.1 Å². The zero-order chi connectivity index (χ0) is 17.8. The number of nitrogens with zero attached hydrogens (tertiary/aromatic N) is 1. The van der Waals surface area contributed by atoms with Gasteiger partial charge in [-0.2, -0.15) is 0 Å². The first-order valence-corrected chi connectivity index (χ1v) is 9.39. The van der Waals surface area contributed by atoms with Crippen molar-refractivity contribution in [2.24, 2.45) is 0 Å². The predicted molar refractivity (Wildman–Crippen MR) is 105 cm³/mol. The molecule has 0 spiro atoms. The van der Waals surface area contributed by atoms with E-state index in [9.17, 15) is 4.79 Å². The van der Waals surface area contributed by atoms with Crippen LogP contribution in [0.2, 0.25) is 0 Å². The Balaban J connectivity index is 1.74. The molecule has 4 heteroatoms. The highest BCUT2D eigenvalue weighted by Gasteiger charge is 2.12. The maximum Gasteiger partial charge on any atom is 0.257 e. The van der Waals surface area contributed by atoms with Crippen LogP contribution in [0.3, 0.4) is 0 Å². The molecule has 0 aliphatic heterocycles. The smallest absolute Gasteiger partial charge is 0.257 e. The van der Waals surface area contributed by atoms with E-state index in [4.69, 9.17) is 0 Å². The molecule has 0 radical (unpaired) electrons. The van der Waals surface area contributed by atoms with Crippen molar-refractivity contribution in [3.8, 4) is 11.3 Å². The van der Waals surface area contributed by atoms with Gasteiger partial charge in [-0.15, -0.1) is 11.3 Å². The van der Waals surface area contributed by atoms with Crippen LogP contribution in [0.15, 0.2) is 53.9 Å². The minimum atomic E-state index is -0.119. The van der Waals surface area contributed by atoms with Crippen molar-refractivity contribution in [2.75, 3.05) is 5.32 Å². The molecule has 1 heterocycles. The molecule has 3 rings (SSSR count). The van der Waals surface area contributed by atoms with Crippen molar-refractivity contribution in [3.05, 3.63) is 70.6 Å². The number of thiazole rings is 1. The standard InChI is InChI=1S/C21H22N2OS/c1-4-14(2)16-9-11-17(12-10-16)19-13-25-21(22-19)23-20(24)18-8-6-5-7-15(18)3/h5-14H,4H2,1-3H3,(H,22,23,24). The molecule has 25 heavy (non-hydrogen) atoms. The molecule has 1 amide bonds. The second-order valence-electron chi connectivity index (χ2n) is 6.24. The van der Waals surface area contributed by atoms with E-state index >= 15 is 0 Å². The number of aromatic nitrogens is 1. The average molecular weight is 350 g/mol. The minimum absolute atomic E-state index is 0.119. The first-order valence-electron chi connectivity index (χ1n) is 8.51. The largest absolute Gasteiger partial charge is 0.298 e. The molecule has 3 aromatic rings. The van der Waals surface area contributed by atoms with Crippen molar-refractivity contribution in [3.63, 3.8) is 0 Å². The molecule has 0 fully saturated rings. The van der Waals surface area contributed by atoms with Gasteiger partial charge in [0.05, 0.1) is 5.69 Å². The van der Waals surface area contributed by atoms with Crippen LogP contribution in [-0.2, 0) is 0 Å². The first kappa shape index (κ1) is 17.4. The molecule has 0 saturated carbocycles. The summed E-state index contributed by atoms with van der Waals surface area (Å²) >= 11 is 1.45. The Bertz CT molecular complexity index is 868. The maximum absolute atomic E-state index is 12.4. The highest BCUT2D eigenvalue weighted by atomic mass is 32.1. The summed E-state index contributed by atoms with van der Waals surface area (Å²) < 4.78 is 0. The number of hydrogen-bond donors (Lipinski definition) is 1. The van der Waals surface area contributed by atoms with E-state index in [1.165, 1.54) is 16.9 Å². The van der Waals surface area contributed by atoms with Gasteiger partial charge in [0.1, 0.15) is 0 Å². The predicted octanol–water partition coefficient (Wildman–Crippen LogP) is 5.88. The van der Waals surface area contributed by atoms with Crippen LogP contribution < -0.4 is 5.32 Å². The number of carbonyl (C=O) groups excluding carboxylic acids is 1. The van der Waals surface area contributed by atoms with Crippen LogP contribution in [0.1, 0.15) is 47.7 Å². The van der Waals surface area contributed by atoms with Gasteiger partial charge in [0, 0.05) is 16.5 Å². The third-order valence-electron chi connectivity index (χ3n) is 4.50. The number of amides is 1. The SMILES string of the molecule is CCC(C)c1ccc(-c2csc(NC(=O)c3ccccc3C)n2)cc1. The van der Waals surface area contributed by atoms with Crippen molar-refractivity contribution >= 4 is 22.4 Å². The van der Waals surface area contributed by atoms with E-state index in [2.05, 4.69) is 48.4 Å². The summed E-state index contributed by atoms with van der Waals surface area (Å²) in [6.45, 7) is 6.36. The van der Waals surface area contributed by atoms with Crippen LogP contribution in [-0.4, -0.2) is 10.9 Å². The highest BCUT2D eigenvalue weighted by Crippen LogP contribution is 2.27. The van der Waals surface area contributed by atoms with Crippen LogP contribution in [0.4, 0.5) is 5.13 Å². The molecule has 0 aliphatic rings. The molecule has 0 aliphatic carbocycles. The topological polar surface area (TPSA) is 42.0 Å². The van der Waals surface area contributed by atoms with Gasteiger partial charge in [0.25, 0.3) is 5.91 Å². The summed E-state index contributed by atoms with van der Waals surface area (Å²) in [5.41, 5.74) is 4.93. The number of carbonyl (C=O) groups is 1. The number of nitrogens with one attached hydrogen (secondary N) is 1. The van der Waals surface area contributed by atoms with Gasteiger partial charge in [0.15, 0.2) is 5.13 Å². The number of benzene rings is 2. The lowest BCUT2D eigenvalue weighted by atomic mass is 9.97. The molecule has 2 aromatic carbocycles. The molecule has 1 N–H and O–H groups in total. The molecular formula is C21H22N2OS. The second-order valence-corrected chi connectivity index (χ2v) is 7.10. The van der Waals surface area contributed by atoms with Crippen molar-refractivity contribution in [1.82, 2.24) is 4.98 Å². The summed E-state index contributed by atoms with van der Waals surface area (Å²) in [6.07, 6.45) is 1.13. The van der Waals surface area contributed by atoms with Gasteiger partial charge in [-0.05, 0) is 36.5 Å². The summed E-state index contributed by atoms with van der Waals surface area (Å²) in [4.78, 5) is 16.9. The summed E-state index contributed by atoms with van der Waals surface area (Å²) in [7, 11) is 0. The number of anilines is 1. The van der Waals surface area contributed by atoms with Crippen molar-refractivity contribution < 1.29 is 4.79 Å². The van der Waals surface area contributed by atoms with E-state index in [0.717, 1.165) is 23.2 Å². The van der Waals surface area contributed by atoms with Gasteiger partial charge >= 0.3 is 0 Å². The fourth-order valence-corrected chi connectivity index (χ4v) is 3.39. The normalized spacial score (nSPS) is 12.0. The van der Waals surface area contributed by atoms with E-state index in [0.29, 0.717) is 16.6 Å². The van der Waals surface area contributed by atoms with Crippen molar-refractivity contribution in [2.45, 2.75) is 33.1 Å². The third-order valence-corrected chi connectivity index (χ3v) is 5.26. The van der Waals surface area contributed by atoms with E-state index in [1.54, 1.807) is 0 Å². The Morgan fingerprint density at radius 1 is 1.16 bits per heavy atom. The fraction of sp³-hybridized carbons (Fsp3) is 0.238. The lowest BCUT2D eigenvalue weighted by Crippen LogP contribution is -2.12. The first-order chi connectivity index (χ1) is 12.1. The van der Waals surface area contributed by atoms with Crippen LogP contribution in [0, 0.1) is 6.92 Å². The monoisotopic (exact) mass is 350 g/mol. The lowest BCUT2D eigenvalue weighted by Gasteiger charge is -2.09. The Hall–Kier alpha value is -2.46. The second kappa shape index (κ2) is 7.62. The number of aryl methyl sites for hydroxylation is 1. The summed E-state index contributed by atoms with van der Waals surface area (Å²) in [5, 5.41) is 5.49. The fourth-order valence-electron chi connectivity index (χ4n) is 2.67. The van der Waals surface area contributed by atoms with Crippen molar-refractivity contribution in [1.29, 1.82) is 0 Å². The summed E-state index contributed by atoms with van der Waals surface area (Å²) in [5.74, 6) is 0.444. The van der Waals surface area contributed by atoms with E-state index < -0.39 is 0 Å². The molecule has 128 valence electrons. The highest BCUT2D eigenvalue weighted by molar-refractivity contribution is 7.14. The van der Waals surface area contributed by atoms with Gasteiger partial charge < -0.3 is 0 Å². The minimum Gasteiger partial charge on any atom is -0.298 e. The number of rotatable bonds is 5. The van der Waals surface area contributed by atoms with Gasteiger partial charge in [-0.25, -0.2) is 4.98 Å². The Morgan fingerprint density at radius 2 is 1.88 bits per heavy atom. The maximum atomic E-state index is 12.4. The van der Waals surface area contributed by atoms with Crippen LogP contribution >= 0.6 is 11.3 Å². The molecule has 1 aromatic heterocycles. The number of hydrogen-bond acceptors (Lipinski definition) is 3. The third kappa shape index (κ3) is 3.97. The van der Waals surface area contributed by atoms with Crippen LogP contribution in [0.25, 0.3) is 11.3 Å². The Kier molecular flexibility index (Phi) is 5.29.